The molecule has 0 radical (unpaired) electrons. The van der Waals surface area contributed by atoms with Crippen LogP contribution in [0.15, 0.2) is 30.5 Å². The first kappa shape index (κ1) is 21.5. The number of halogens is 4. The number of ether oxygens (including phenoxy) is 2. The molecule has 1 aliphatic heterocycles. The maximum Gasteiger partial charge on any atom is 0.417 e. The van der Waals surface area contributed by atoms with Crippen molar-refractivity contribution < 1.29 is 22.6 Å². The predicted molar refractivity (Wildman–Crippen MR) is 106 cm³/mol. The quantitative estimate of drug-likeness (QED) is 0.731. The minimum Gasteiger partial charge on any atom is -0.493 e. The van der Waals surface area contributed by atoms with E-state index < -0.39 is 11.7 Å². The average molecular weight is 430 g/mol. The highest BCUT2D eigenvalue weighted by atomic mass is 35.5. The van der Waals surface area contributed by atoms with Crippen LogP contribution in [0.3, 0.4) is 0 Å². The highest BCUT2D eigenvalue weighted by Crippen LogP contribution is 2.36. The van der Waals surface area contributed by atoms with E-state index in [1.165, 1.54) is 6.07 Å². The van der Waals surface area contributed by atoms with Crippen LogP contribution in [0, 0.1) is 0 Å². The Bertz CT molecular complexity index is 823. The van der Waals surface area contributed by atoms with E-state index in [0.29, 0.717) is 34.9 Å². The lowest BCUT2D eigenvalue weighted by Gasteiger charge is -2.33. The summed E-state index contributed by atoms with van der Waals surface area (Å²) in [6, 6.07) is 6.54. The summed E-state index contributed by atoms with van der Waals surface area (Å²) in [5.41, 5.74) is 0.255. The second-order valence-corrected chi connectivity index (χ2v) is 7.27. The summed E-state index contributed by atoms with van der Waals surface area (Å²) in [5.74, 6) is 1.67. The standard InChI is InChI=1S/C20H23ClF3N3O2/c1-28-17-10-13(9-16(21)19(17)29-2)11-25-15-5-7-27(8-6-15)18-4-3-14(12-26-18)20(22,23)24/h3-4,9-10,12,15,25H,5-8,11H2,1-2H3. The highest BCUT2D eigenvalue weighted by molar-refractivity contribution is 6.32. The van der Waals surface area contributed by atoms with Gasteiger partial charge in [-0.15, -0.1) is 0 Å². The Morgan fingerprint density at radius 3 is 2.45 bits per heavy atom. The summed E-state index contributed by atoms with van der Waals surface area (Å²) in [5, 5.41) is 4.00. The Balaban J connectivity index is 1.53. The minimum atomic E-state index is -4.37. The molecule has 0 amide bonds. The molecule has 1 fully saturated rings. The van der Waals surface area contributed by atoms with E-state index in [2.05, 4.69) is 10.3 Å². The Kier molecular flexibility index (Phi) is 6.74. The van der Waals surface area contributed by atoms with E-state index >= 15 is 0 Å². The Labute approximate surface area is 172 Å². The topological polar surface area (TPSA) is 46.6 Å². The Hall–Kier alpha value is -2.19. The zero-order valence-electron chi connectivity index (χ0n) is 16.2. The van der Waals surface area contributed by atoms with Crippen LogP contribution in [-0.2, 0) is 12.7 Å². The number of nitrogens with one attached hydrogen (secondary N) is 1. The number of nitrogens with zero attached hydrogens (tertiary/aromatic N) is 2. The molecule has 1 saturated heterocycles. The molecule has 0 spiro atoms. The molecule has 0 saturated carbocycles. The molecule has 158 valence electrons. The second kappa shape index (κ2) is 9.09. The molecule has 0 unspecified atom stereocenters. The molecule has 0 aliphatic carbocycles. The zero-order chi connectivity index (χ0) is 21.0. The van der Waals surface area contributed by atoms with Gasteiger partial charge in [-0.3, -0.25) is 0 Å². The molecular formula is C20H23ClF3N3O2. The summed E-state index contributed by atoms with van der Waals surface area (Å²) in [7, 11) is 3.11. The summed E-state index contributed by atoms with van der Waals surface area (Å²) in [6.45, 7) is 2.08. The summed E-state index contributed by atoms with van der Waals surface area (Å²) in [6.07, 6.45) is -1.75. The number of hydrogen-bond donors (Lipinski definition) is 1. The molecule has 2 heterocycles. The fraction of sp³-hybridized carbons (Fsp3) is 0.450. The van der Waals surface area contributed by atoms with Crippen molar-refractivity contribution in [1.82, 2.24) is 10.3 Å². The number of methoxy groups -OCH3 is 2. The lowest BCUT2D eigenvalue weighted by molar-refractivity contribution is -0.137. The first-order valence-electron chi connectivity index (χ1n) is 9.23. The van der Waals surface area contributed by atoms with Gasteiger partial charge in [0.05, 0.1) is 24.8 Å². The maximum absolute atomic E-state index is 12.7. The second-order valence-electron chi connectivity index (χ2n) is 6.86. The normalized spacial score (nSPS) is 15.4. The van der Waals surface area contributed by atoms with E-state index in [1.54, 1.807) is 14.2 Å². The van der Waals surface area contributed by atoms with Crippen molar-refractivity contribution in [2.75, 3.05) is 32.2 Å². The van der Waals surface area contributed by atoms with Crippen molar-refractivity contribution in [1.29, 1.82) is 0 Å². The third-order valence-corrected chi connectivity index (χ3v) is 5.26. The minimum absolute atomic E-state index is 0.299. The number of anilines is 1. The molecule has 3 rings (SSSR count). The molecule has 0 bridgehead atoms. The molecule has 0 atom stereocenters. The summed E-state index contributed by atoms with van der Waals surface area (Å²) >= 11 is 6.24. The van der Waals surface area contributed by atoms with Gasteiger partial charge in [0.15, 0.2) is 11.5 Å². The first-order chi connectivity index (χ1) is 13.8. The average Bonchev–Trinajstić information content (AvgIpc) is 2.71. The van der Waals surface area contributed by atoms with E-state index in [4.69, 9.17) is 21.1 Å². The third kappa shape index (κ3) is 5.25. The SMILES string of the molecule is COc1cc(CNC2CCN(c3ccc(C(F)(F)F)cn3)CC2)cc(Cl)c1OC. The van der Waals surface area contributed by atoms with Gasteiger partial charge in [-0.05, 0) is 42.7 Å². The largest absolute Gasteiger partial charge is 0.493 e. The van der Waals surface area contributed by atoms with Crippen LogP contribution in [0.4, 0.5) is 19.0 Å². The monoisotopic (exact) mass is 429 g/mol. The molecule has 29 heavy (non-hydrogen) atoms. The Morgan fingerprint density at radius 2 is 1.90 bits per heavy atom. The van der Waals surface area contributed by atoms with Gasteiger partial charge in [-0.25, -0.2) is 4.98 Å². The molecule has 1 aromatic carbocycles. The number of benzene rings is 1. The lowest BCUT2D eigenvalue weighted by atomic mass is 10.0. The number of rotatable bonds is 6. The lowest BCUT2D eigenvalue weighted by Crippen LogP contribution is -2.42. The number of hydrogen-bond acceptors (Lipinski definition) is 5. The third-order valence-electron chi connectivity index (χ3n) is 4.98. The molecule has 1 aliphatic rings. The van der Waals surface area contributed by atoms with Crippen LogP contribution >= 0.6 is 11.6 Å². The highest BCUT2D eigenvalue weighted by Gasteiger charge is 2.31. The maximum atomic E-state index is 12.7. The van der Waals surface area contributed by atoms with E-state index in [1.807, 2.05) is 17.0 Å². The van der Waals surface area contributed by atoms with Gasteiger partial charge in [0, 0.05) is 31.9 Å². The van der Waals surface area contributed by atoms with Gasteiger partial charge in [0.2, 0.25) is 0 Å². The fourth-order valence-electron chi connectivity index (χ4n) is 3.39. The van der Waals surface area contributed by atoms with Gasteiger partial charge in [-0.1, -0.05) is 11.6 Å². The van der Waals surface area contributed by atoms with E-state index in [0.717, 1.165) is 43.8 Å². The first-order valence-corrected chi connectivity index (χ1v) is 9.61. The Morgan fingerprint density at radius 1 is 1.17 bits per heavy atom. The van der Waals surface area contributed by atoms with Crippen LogP contribution in [0.25, 0.3) is 0 Å². The predicted octanol–water partition coefficient (Wildman–Crippen LogP) is 4.53. The zero-order valence-corrected chi connectivity index (χ0v) is 17.0. The number of alkyl halides is 3. The summed E-state index contributed by atoms with van der Waals surface area (Å²) in [4.78, 5) is 5.98. The van der Waals surface area contributed by atoms with Gasteiger partial charge < -0.3 is 19.7 Å². The van der Waals surface area contributed by atoms with Crippen molar-refractivity contribution in [2.24, 2.45) is 0 Å². The number of piperidine rings is 1. The van der Waals surface area contributed by atoms with Gasteiger partial charge in [0.1, 0.15) is 5.82 Å². The van der Waals surface area contributed by atoms with Crippen LogP contribution in [0.5, 0.6) is 11.5 Å². The van der Waals surface area contributed by atoms with Crippen molar-refractivity contribution in [2.45, 2.75) is 31.6 Å². The smallest absolute Gasteiger partial charge is 0.417 e. The van der Waals surface area contributed by atoms with Crippen LogP contribution in [-0.4, -0.2) is 38.3 Å². The molecular weight excluding hydrogens is 407 g/mol. The molecule has 5 nitrogen and oxygen atoms in total. The van der Waals surface area contributed by atoms with E-state index in [9.17, 15) is 13.2 Å². The van der Waals surface area contributed by atoms with Gasteiger partial charge in [-0.2, -0.15) is 13.2 Å². The fourth-order valence-corrected chi connectivity index (χ4v) is 3.70. The van der Waals surface area contributed by atoms with Crippen molar-refractivity contribution in [3.8, 4) is 11.5 Å². The van der Waals surface area contributed by atoms with Crippen molar-refractivity contribution >= 4 is 17.4 Å². The van der Waals surface area contributed by atoms with Gasteiger partial charge >= 0.3 is 6.18 Å². The summed E-state index contributed by atoms with van der Waals surface area (Å²) < 4.78 is 48.6. The molecule has 2 aromatic rings. The number of aromatic nitrogens is 1. The molecule has 1 N–H and O–H groups in total. The molecule has 9 heteroatoms. The van der Waals surface area contributed by atoms with Crippen molar-refractivity contribution in [3.05, 3.63) is 46.6 Å². The van der Waals surface area contributed by atoms with E-state index in [-0.39, 0.29) is 0 Å². The van der Waals surface area contributed by atoms with Crippen LogP contribution in [0.1, 0.15) is 24.0 Å². The number of pyridine rings is 1. The van der Waals surface area contributed by atoms with Crippen LogP contribution in [0.2, 0.25) is 5.02 Å². The van der Waals surface area contributed by atoms with Crippen molar-refractivity contribution in [3.63, 3.8) is 0 Å². The van der Waals surface area contributed by atoms with Crippen LogP contribution < -0.4 is 19.7 Å². The molecule has 1 aromatic heterocycles. The van der Waals surface area contributed by atoms with Gasteiger partial charge in [0.25, 0.3) is 0 Å².